The van der Waals surface area contributed by atoms with Gasteiger partial charge in [0.25, 0.3) is 5.91 Å². The van der Waals surface area contributed by atoms with E-state index in [0.717, 1.165) is 5.56 Å². The lowest BCUT2D eigenvalue weighted by Crippen LogP contribution is -2.23. The van der Waals surface area contributed by atoms with E-state index in [0.29, 0.717) is 5.69 Å². The van der Waals surface area contributed by atoms with Crippen molar-refractivity contribution in [3.8, 4) is 11.8 Å². The van der Waals surface area contributed by atoms with Gasteiger partial charge in [-0.25, -0.2) is 13.1 Å². The third-order valence-electron chi connectivity index (χ3n) is 4.47. The molecule has 0 aliphatic rings. The highest BCUT2D eigenvalue weighted by Crippen LogP contribution is 2.19. The lowest BCUT2D eigenvalue weighted by molar-refractivity contribution is -0.146. The maximum Gasteiger partial charge on any atom is 0.307 e. The highest BCUT2D eigenvalue weighted by molar-refractivity contribution is 7.91. The summed E-state index contributed by atoms with van der Waals surface area (Å²) < 4.78 is 30.9. The third-order valence-corrected chi connectivity index (χ3v) is 6.20. The Hall–Kier alpha value is -3.97. The summed E-state index contributed by atoms with van der Waals surface area (Å²) in [7, 11) is -3.65. The molecular weight excluding hydrogens is 432 g/mol. The molecule has 164 valence electrons. The van der Waals surface area contributed by atoms with E-state index >= 15 is 0 Å². The van der Waals surface area contributed by atoms with Crippen molar-refractivity contribution in [3.05, 3.63) is 71.9 Å². The van der Waals surface area contributed by atoms with Gasteiger partial charge in [-0.1, -0.05) is 35.9 Å². The van der Waals surface area contributed by atoms with Crippen LogP contribution in [0.3, 0.4) is 0 Å². The van der Waals surface area contributed by atoms with Crippen molar-refractivity contribution in [1.29, 1.82) is 5.26 Å². The van der Waals surface area contributed by atoms with Crippen LogP contribution in [0, 0.1) is 18.3 Å². The zero-order valence-electron chi connectivity index (χ0n) is 17.2. The Morgan fingerprint density at radius 1 is 1.12 bits per heavy atom. The molecular formula is C22H20N4O5S. The van der Waals surface area contributed by atoms with Crippen molar-refractivity contribution in [1.82, 2.24) is 9.78 Å². The highest BCUT2D eigenvalue weighted by atomic mass is 32.2. The molecule has 3 aromatic rings. The van der Waals surface area contributed by atoms with Crippen LogP contribution in [0.4, 0.5) is 5.82 Å². The number of aromatic nitrogens is 2. The Bertz CT molecular complexity index is 1260. The number of anilines is 1. The minimum Gasteiger partial charge on any atom is -0.456 e. The predicted octanol–water partition coefficient (Wildman–Crippen LogP) is 2.40. The fourth-order valence-electron chi connectivity index (χ4n) is 2.78. The van der Waals surface area contributed by atoms with Gasteiger partial charge in [0, 0.05) is 0 Å². The molecule has 1 amide bonds. The Balaban J connectivity index is 1.56. The standard InChI is InChI=1S/C22H20N4O5S/c1-16-7-9-19(10-8-16)32(29,30)12-11-21(28)31-15-20(27)25-22-17(13-23)14-24-26(22)18-5-3-2-4-6-18/h2-10,14H,11-12,15H2,1H3,(H,25,27). The van der Waals surface area contributed by atoms with Gasteiger partial charge in [0.05, 0.1) is 29.0 Å². The Kier molecular flexibility index (Phi) is 7.02. The summed E-state index contributed by atoms with van der Waals surface area (Å²) in [6, 6.07) is 17.1. The molecule has 0 fully saturated rings. The number of nitrogens with one attached hydrogen (secondary N) is 1. The van der Waals surface area contributed by atoms with Crippen molar-refractivity contribution >= 4 is 27.5 Å². The maximum absolute atomic E-state index is 12.3. The molecule has 0 radical (unpaired) electrons. The van der Waals surface area contributed by atoms with E-state index in [1.165, 1.54) is 23.0 Å². The fraction of sp³-hybridized carbons (Fsp3) is 0.182. The number of rotatable bonds is 8. The Morgan fingerprint density at radius 3 is 2.47 bits per heavy atom. The van der Waals surface area contributed by atoms with Gasteiger partial charge in [0.2, 0.25) is 0 Å². The van der Waals surface area contributed by atoms with Crippen molar-refractivity contribution in [2.75, 3.05) is 17.7 Å². The second-order valence-electron chi connectivity index (χ2n) is 6.86. The molecule has 0 atom stereocenters. The largest absolute Gasteiger partial charge is 0.456 e. The van der Waals surface area contributed by atoms with E-state index in [1.54, 1.807) is 36.4 Å². The molecule has 1 heterocycles. The zero-order valence-corrected chi connectivity index (χ0v) is 18.0. The number of para-hydroxylation sites is 1. The molecule has 0 saturated carbocycles. The molecule has 2 aromatic carbocycles. The molecule has 0 unspecified atom stereocenters. The van der Waals surface area contributed by atoms with Crippen LogP contribution in [0.5, 0.6) is 0 Å². The first-order chi connectivity index (χ1) is 15.3. The zero-order chi connectivity index (χ0) is 23.1. The van der Waals surface area contributed by atoms with Gasteiger partial charge in [0.1, 0.15) is 11.6 Å². The molecule has 3 rings (SSSR count). The number of amides is 1. The average molecular weight is 452 g/mol. The molecule has 9 nitrogen and oxygen atoms in total. The van der Waals surface area contributed by atoms with Crippen molar-refractivity contribution in [2.45, 2.75) is 18.2 Å². The van der Waals surface area contributed by atoms with Crippen LogP contribution in [0.2, 0.25) is 0 Å². The van der Waals surface area contributed by atoms with Gasteiger partial charge >= 0.3 is 5.97 Å². The molecule has 10 heteroatoms. The van der Waals surface area contributed by atoms with E-state index < -0.39 is 40.5 Å². The van der Waals surface area contributed by atoms with Crippen LogP contribution >= 0.6 is 0 Å². The molecule has 0 bridgehead atoms. The summed E-state index contributed by atoms with van der Waals surface area (Å²) in [5.41, 5.74) is 1.68. The van der Waals surface area contributed by atoms with Gasteiger partial charge in [-0.2, -0.15) is 10.4 Å². The number of carbonyl (C=O) groups is 2. The van der Waals surface area contributed by atoms with Crippen LogP contribution in [-0.4, -0.2) is 42.4 Å². The first-order valence-electron chi connectivity index (χ1n) is 9.58. The number of benzene rings is 2. The summed E-state index contributed by atoms with van der Waals surface area (Å²) in [6.45, 7) is 1.21. The van der Waals surface area contributed by atoms with Gasteiger partial charge in [0.15, 0.2) is 22.3 Å². The lowest BCUT2D eigenvalue weighted by Gasteiger charge is -2.10. The molecule has 0 spiro atoms. The smallest absolute Gasteiger partial charge is 0.307 e. The fourth-order valence-corrected chi connectivity index (χ4v) is 4.00. The summed E-state index contributed by atoms with van der Waals surface area (Å²) in [5, 5.41) is 15.9. The first kappa shape index (κ1) is 22.7. The summed E-state index contributed by atoms with van der Waals surface area (Å²) in [5.74, 6) is -1.81. The van der Waals surface area contributed by atoms with Crippen LogP contribution in [-0.2, 0) is 24.2 Å². The summed E-state index contributed by atoms with van der Waals surface area (Å²) >= 11 is 0. The number of nitrogens with zero attached hydrogens (tertiary/aromatic N) is 3. The topological polar surface area (TPSA) is 131 Å². The average Bonchev–Trinajstić information content (AvgIpc) is 3.19. The number of nitriles is 1. The second kappa shape index (κ2) is 9.89. The molecule has 32 heavy (non-hydrogen) atoms. The van der Waals surface area contributed by atoms with Crippen molar-refractivity contribution < 1.29 is 22.7 Å². The van der Waals surface area contributed by atoms with E-state index in [2.05, 4.69) is 10.4 Å². The lowest BCUT2D eigenvalue weighted by atomic mass is 10.2. The minimum atomic E-state index is -3.65. The van der Waals surface area contributed by atoms with Gasteiger partial charge in [-0.15, -0.1) is 0 Å². The number of ether oxygens (including phenoxy) is 1. The summed E-state index contributed by atoms with van der Waals surface area (Å²) in [4.78, 5) is 24.3. The molecule has 0 saturated heterocycles. The second-order valence-corrected chi connectivity index (χ2v) is 8.97. The number of esters is 1. The number of aryl methyl sites for hydroxylation is 1. The van der Waals surface area contributed by atoms with E-state index in [1.807, 2.05) is 19.1 Å². The third kappa shape index (κ3) is 5.59. The van der Waals surface area contributed by atoms with E-state index in [9.17, 15) is 23.3 Å². The molecule has 0 aliphatic carbocycles. The quantitative estimate of drug-likeness (QED) is 0.519. The molecule has 1 aromatic heterocycles. The number of hydrogen-bond donors (Lipinski definition) is 1. The van der Waals surface area contributed by atoms with Crippen LogP contribution in [0.25, 0.3) is 5.69 Å². The van der Waals surface area contributed by atoms with Gasteiger partial charge in [-0.05, 0) is 31.2 Å². The first-order valence-corrected chi connectivity index (χ1v) is 11.2. The van der Waals surface area contributed by atoms with Gasteiger partial charge in [-0.3, -0.25) is 9.59 Å². The SMILES string of the molecule is Cc1ccc(S(=O)(=O)CCC(=O)OCC(=O)Nc2c(C#N)cnn2-c2ccccc2)cc1. The van der Waals surface area contributed by atoms with Crippen LogP contribution in [0.1, 0.15) is 17.5 Å². The number of sulfone groups is 1. The minimum absolute atomic E-state index is 0.117. The van der Waals surface area contributed by atoms with Gasteiger partial charge < -0.3 is 10.1 Å². The monoisotopic (exact) mass is 452 g/mol. The highest BCUT2D eigenvalue weighted by Gasteiger charge is 2.19. The van der Waals surface area contributed by atoms with E-state index in [4.69, 9.17) is 4.74 Å². The number of hydrogen-bond acceptors (Lipinski definition) is 7. The molecule has 0 aliphatic heterocycles. The predicted molar refractivity (Wildman–Crippen MR) is 116 cm³/mol. The summed E-state index contributed by atoms with van der Waals surface area (Å²) in [6.07, 6.45) is 0.916. The number of carbonyl (C=O) groups excluding carboxylic acids is 2. The Labute approximate surface area is 185 Å². The van der Waals surface area contributed by atoms with Crippen LogP contribution in [0.15, 0.2) is 65.7 Å². The van der Waals surface area contributed by atoms with Crippen molar-refractivity contribution in [2.24, 2.45) is 0 Å². The Morgan fingerprint density at radius 2 is 1.81 bits per heavy atom. The normalized spacial score (nSPS) is 10.9. The van der Waals surface area contributed by atoms with Crippen molar-refractivity contribution in [3.63, 3.8) is 0 Å². The van der Waals surface area contributed by atoms with E-state index in [-0.39, 0.29) is 16.3 Å². The molecule has 1 N–H and O–H groups in total. The maximum atomic E-state index is 12.3. The van der Waals surface area contributed by atoms with Crippen LogP contribution < -0.4 is 5.32 Å².